The molecule has 1 N–H and O–H groups in total. The van der Waals surface area contributed by atoms with Crippen molar-refractivity contribution in [3.8, 4) is 0 Å². The predicted octanol–water partition coefficient (Wildman–Crippen LogP) is 1.96. The zero-order valence-corrected chi connectivity index (χ0v) is 11.5. The van der Waals surface area contributed by atoms with E-state index in [1.165, 1.54) is 11.3 Å². The van der Waals surface area contributed by atoms with Crippen LogP contribution in [0.1, 0.15) is 29.4 Å². The number of thiazole rings is 1. The van der Waals surface area contributed by atoms with E-state index in [9.17, 15) is 4.79 Å². The Morgan fingerprint density at radius 1 is 1.41 bits per heavy atom. The quantitative estimate of drug-likeness (QED) is 0.810. The van der Waals surface area contributed by atoms with E-state index in [0.717, 1.165) is 41.6 Å². The van der Waals surface area contributed by atoms with Crippen molar-refractivity contribution in [2.45, 2.75) is 33.6 Å². The van der Waals surface area contributed by atoms with Crippen molar-refractivity contribution < 1.29 is 9.90 Å². The van der Waals surface area contributed by atoms with Gasteiger partial charge >= 0.3 is 5.97 Å². The standard InChI is InChI=1S/C12H20N2O2S/c1-4-14(5-2)7-6-11-13-9(3)10(17-11)8-12(15)16/h4-8H2,1-3H3,(H,15,16). The van der Waals surface area contributed by atoms with Crippen molar-refractivity contribution in [3.63, 3.8) is 0 Å². The van der Waals surface area contributed by atoms with Gasteiger partial charge in [-0.2, -0.15) is 0 Å². The molecular weight excluding hydrogens is 236 g/mol. The first kappa shape index (κ1) is 14.1. The number of aliphatic carboxylic acids is 1. The van der Waals surface area contributed by atoms with Gasteiger partial charge in [-0.1, -0.05) is 13.8 Å². The Kier molecular flexibility index (Phi) is 5.58. The van der Waals surface area contributed by atoms with E-state index in [2.05, 4.69) is 23.7 Å². The summed E-state index contributed by atoms with van der Waals surface area (Å²) < 4.78 is 0. The maximum absolute atomic E-state index is 10.7. The van der Waals surface area contributed by atoms with E-state index in [0.29, 0.717) is 0 Å². The first-order valence-electron chi connectivity index (χ1n) is 5.96. The molecule has 0 fully saturated rings. The van der Waals surface area contributed by atoms with E-state index in [4.69, 9.17) is 5.11 Å². The normalized spacial score (nSPS) is 11.1. The van der Waals surface area contributed by atoms with Gasteiger partial charge in [0, 0.05) is 17.8 Å². The van der Waals surface area contributed by atoms with Crippen LogP contribution in [0.2, 0.25) is 0 Å². The third kappa shape index (κ3) is 4.44. The molecule has 1 aromatic rings. The molecule has 1 heterocycles. The molecule has 17 heavy (non-hydrogen) atoms. The highest BCUT2D eigenvalue weighted by atomic mass is 32.1. The zero-order chi connectivity index (χ0) is 12.8. The Hall–Kier alpha value is -0.940. The van der Waals surface area contributed by atoms with E-state index < -0.39 is 5.97 Å². The number of hydrogen-bond donors (Lipinski definition) is 1. The SMILES string of the molecule is CCN(CC)CCc1nc(C)c(CC(=O)O)s1. The first-order valence-corrected chi connectivity index (χ1v) is 6.77. The second kappa shape index (κ2) is 6.71. The monoisotopic (exact) mass is 256 g/mol. The van der Waals surface area contributed by atoms with Gasteiger partial charge in [-0.15, -0.1) is 11.3 Å². The summed E-state index contributed by atoms with van der Waals surface area (Å²) in [7, 11) is 0. The third-order valence-corrected chi connectivity index (χ3v) is 4.00. The molecule has 96 valence electrons. The average Bonchev–Trinajstić information content (AvgIpc) is 2.60. The van der Waals surface area contributed by atoms with Gasteiger partial charge in [-0.25, -0.2) is 4.98 Å². The predicted molar refractivity (Wildman–Crippen MR) is 69.7 cm³/mol. The first-order chi connectivity index (χ1) is 8.06. The summed E-state index contributed by atoms with van der Waals surface area (Å²) in [6.07, 6.45) is 1.00. The summed E-state index contributed by atoms with van der Waals surface area (Å²) in [6, 6.07) is 0. The molecule has 0 atom stereocenters. The number of aryl methyl sites for hydroxylation is 1. The Morgan fingerprint density at radius 2 is 2.06 bits per heavy atom. The van der Waals surface area contributed by atoms with Crippen LogP contribution in [0.3, 0.4) is 0 Å². The summed E-state index contributed by atoms with van der Waals surface area (Å²) in [5, 5.41) is 9.81. The summed E-state index contributed by atoms with van der Waals surface area (Å²) in [5.74, 6) is -0.785. The fraction of sp³-hybridized carbons (Fsp3) is 0.667. The highest BCUT2D eigenvalue weighted by Gasteiger charge is 2.11. The van der Waals surface area contributed by atoms with Crippen molar-refractivity contribution in [1.29, 1.82) is 0 Å². The van der Waals surface area contributed by atoms with Gasteiger partial charge in [-0.05, 0) is 20.0 Å². The molecule has 0 unspecified atom stereocenters. The Morgan fingerprint density at radius 3 is 2.59 bits per heavy atom. The lowest BCUT2D eigenvalue weighted by atomic mass is 10.3. The van der Waals surface area contributed by atoms with Crippen molar-refractivity contribution in [2.24, 2.45) is 0 Å². The van der Waals surface area contributed by atoms with Crippen LogP contribution < -0.4 is 0 Å². The van der Waals surface area contributed by atoms with Gasteiger partial charge in [0.2, 0.25) is 0 Å². The van der Waals surface area contributed by atoms with Crippen LogP contribution in [0.4, 0.5) is 0 Å². The van der Waals surface area contributed by atoms with Crippen molar-refractivity contribution in [3.05, 3.63) is 15.6 Å². The molecule has 0 radical (unpaired) electrons. The van der Waals surface area contributed by atoms with Crippen LogP contribution in [-0.4, -0.2) is 40.6 Å². The van der Waals surface area contributed by atoms with Crippen molar-refractivity contribution >= 4 is 17.3 Å². The lowest BCUT2D eigenvalue weighted by molar-refractivity contribution is -0.136. The third-order valence-electron chi connectivity index (χ3n) is 2.79. The van der Waals surface area contributed by atoms with Gasteiger partial charge in [0.1, 0.15) is 0 Å². The molecule has 0 saturated carbocycles. The maximum atomic E-state index is 10.7. The van der Waals surface area contributed by atoms with Crippen LogP contribution in [0.15, 0.2) is 0 Å². The van der Waals surface area contributed by atoms with Gasteiger partial charge in [0.25, 0.3) is 0 Å². The van der Waals surface area contributed by atoms with Gasteiger partial charge in [-0.3, -0.25) is 4.79 Å². The zero-order valence-electron chi connectivity index (χ0n) is 10.7. The number of hydrogen-bond acceptors (Lipinski definition) is 4. The van der Waals surface area contributed by atoms with Crippen LogP contribution in [-0.2, 0) is 17.6 Å². The van der Waals surface area contributed by atoms with Gasteiger partial charge in [0.05, 0.1) is 17.1 Å². The number of nitrogens with zero attached hydrogens (tertiary/aromatic N) is 2. The number of carboxylic acids is 1. The number of carboxylic acid groups (broad SMARTS) is 1. The molecule has 0 amide bonds. The minimum absolute atomic E-state index is 0.0920. The van der Waals surface area contributed by atoms with Gasteiger partial charge < -0.3 is 10.0 Å². The minimum Gasteiger partial charge on any atom is -0.481 e. The van der Waals surface area contributed by atoms with Crippen molar-refractivity contribution in [2.75, 3.05) is 19.6 Å². The molecule has 0 aliphatic carbocycles. The number of aromatic nitrogens is 1. The molecule has 0 spiro atoms. The number of likely N-dealkylation sites (N-methyl/N-ethyl adjacent to an activating group) is 1. The molecule has 0 saturated heterocycles. The van der Waals surface area contributed by atoms with Gasteiger partial charge in [0.15, 0.2) is 0 Å². The Balaban J connectivity index is 2.57. The highest BCUT2D eigenvalue weighted by molar-refractivity contribution is 7.11. The molecular formula is C12H20N2O2S. The molecule has 1 rings (SSSR count). The number of carbonyl (C=O) groups is 1. The van der Waals surface area contributed by atoms with E-state index in [1.54, 1.807) is 0 Å². The van der Waals surface area contributed by atoms with Crippen LogP contribution in [0, 0.1) is 6.92 Å². The summed E-state index contributed by atoms with van der Waals surface area (Å²) in [4.78, 5) is 18.3. The maximum Gasteiger partial charge on any atom is 0.308 e. The highest BCUT2D eigenvalue weighted by Crippen LogP contribution is 2.19. The van der Waals surface area contributed by atoms with Crippen molar-refractivity contribution in [1.82, 2.24) is 9.88 Å². The summed E-state index contributed by atoms with van der Waals surface area (Å²) in [5.41, 5.74) is 0.868. The van der Waals surface area contributed by atoms with Crippen LogP contribution in [0.25, 0.3) is 0 Å². The topological polar surface area (TPSA) is 53.4 Å². The molecule has 1 aromatic heterocycles. The molecule has 0 bridgehead atoms. The van der Waals surface area contributed by atoms with E-state index in [1.807, 2.05) is 6.92 Å². The fourth-order valence-corrected chi connectivity index (χ4v) is 2.74. The molecule has 5 heteroatoms. The minimum atomic E-state index is -0.785. The van der Waals surface area contributed by atoms with E-state index >= 15 is 0 Å². The van der Waals surface area contributed by atoms with Crippen LogP contribution in [0.5, 0.6) is 0 Å². The lowest BCUT2D eigenvalue weighted by Crippen LogP contribution is -2.25. The molecule has 0 aromatic carbocycles. The smallest absolute Gasteiger partial charge is 0.308 e. The largest absolute Gasteiger partial charge is 0.481 e. The Bertz CT molecular complexity index is 373. The lowest BCUT2D eigenvalue weighted by Gasteiger charge is -2.16. The second-order valence-corrected chi connectivity index (χ2v) is 5.13. The Labute approximate surface area is 106 Å². The average molecular weight is 256 g/mol. The molecule has 0 aliphatic heterocycles. The van der Waals surface area contributed by atoms with Crippen LogP contribution >= 0.6 is 11.3 Å². The summed E-state index contributed by atoms with van der Waals surface area (Å²) >= 11 is 1.53. The fourth-order valence-electron chi connectivity index (χ4n) is 1.69. The summed E-state index contributed by atoms with van der Waals surface area (Å²) in [6.45, 7) is 9.26. The molecule has 4 nitrogen and oxygen atoms in total. The van der Waals surface area contributed by atoms with E-state index in [-0.39, 0.29) is 6.42 Å². The molecule has 0 aliphatic rings. The number of rotatable bonds is 7. The second-order valence-electron chi connectivity index (χ2n) is 3.96.